The molecule has 1 aromatic carbocycles. The van der Waals surface area contributed by atoms with Crippen LogP contribution in [0.5, 0.6) is 11.5 Å². The van der Waals surface area contributed by atoms with Crippen LogP contribution in [0.1, 0.15) is 0 Å². The van der Waals surface area contributed by atoms with Gasteiger partial charge >= 0.3 is 0 Å². The third-order valence-electron chi connectivity index (χ3n) is 1.78. The van der Waals surface area contributed by atoms with E-state index in [2.05, 4.69) is 0 Å². The molecular weight excluding hydrogens is 233 g/mol. The zero-order chi connectivity index (χ0) is 11.1. The first kappa shape index (κ1) is 14.7. The molecule has 1 rings (SSSR count). The predicted molar refractivity (Wildman–Crippen MR) is 64.0 cm³/mol. The van der Waals surface area contributed by atoms with E-state index >= 15 is 0 Å². The van der Waals surface area contributed by atoms with Gasteiger partial charge in [-0.2, -0.15) is 0 Å². The summed E-state index contributed by atoms with van der Waals surface area (Å²) in [7, 11) is 1.58. The van der Waals surface area contributed by atoms with Crippen molar-refractivity contribution in [1.29, 1.82) is 0 Å². The van der Waals surface area contributed by atoms with Gasteiger partial charge in [-0.25, -0.2) is 4.39 Å². The second-order valence-corrected chi connectivity index (χ2v) is 2.85. The Kier molecular flexibility index (Phi) is 7.33. The van der Waals surface area contributed by atoms with Gasteiger partial charge in [0.05, 0.1) is 7.11 Å². The first-order chi connectivity index (χ1) is 7.26. The monoisotopic (exact) mass is 247 g/mol. The average molecular weight is 248 g/mol. The molecule has 0 saturated heterocycles. The summed E-state index contributed by atoms with van der Waals surface area (Å²) >= 11 is 0. The smallest absolute Gasteiger partial charge is 0.139 e. The van der Waals surface area contributed by atoms with Gasteiger partial charge in [-0.05, 0) is 30.3 Å². The van der Waals surface area contributed by atoms with Gasteiger partial charge in [0.1, 0.15) is 23.9 Å². The third-order valence-corrected chi connectivity index (χ3v) is 1.78. The highest BCUT2D eigenvalue weighted by atomic mass is 35.5. The molecule has 0 amide bonds. The Balaban J connectivity index is 0.00000225. The number of rotatable bonds is 5. The van der Waals surface area contributed by atoms with Crippen molar-refractivity contribution in [3.05, 3.63) is 36.2 Å². The lowest BCUT2D eigenvalue weighted by Gasteiger charge is -2.05. The maximum absolute atomic E-state index is 12.9. The lowest BCUT2D eigenvalue weighted by Crippen LogP contribution is -2.01. The van der Waals surface area contributed by atoms with Gasteiger partial charge in [0.2, 0.25) is 0 Å². The molecule has 2 N–H and O–H groups in total. The topological polar surface area (TPSA) is 44.5 Å². The predicted octanol–water partition coefficient (Wildman–Crippen LogP) is 2.31. The Bertz CT molecular complexity index is 327. The maximum Gasteiger partial charge on any atom is 0.139 e. The minimum atomic E-state index is -0.367. The van der Waals surface area contributed by atoms with Crippen LogP contribution in [0.25, 0.3) is 0 Å². The highest BCUT2D eigenvalue weighted by molar-refractivity contribution is 5.85. The summed E-state index contributed by atoms with van der Waals surface area (Å²) in [6, 6.07) is 6.93. The summed E-state index contributed by atoms with van der Waals surface area (Å²) in [5, 5.41) is 0. The fourth-order valence-electron chi connectivity index (χ4n) is 1.01. The van der Waals surface area contributed by atoms with Crippen molar-refractivity contribution >= 4 is 12.4 Å². The molecule has 90 valence electrons. The molecule has 16 heavy (non-hydrogen) atoms. The molecule has 0 aromatic heterocycles. The molecule has 1 aromatic rings. The van der Waals surface area contributed by atoms with Crippen molar-refractivity contribution in [2.75, 3.05) is 20.3 Å². The van der Waals surface area contributed by atoms with Crippen molar-refractivity contribution in [2.45, 2.75) is 0 Å². The van der Waals surface area contributed by atoms with E-state index in [9.17, 15) is 4.39 Å². The molecule has 0 aliphatic rings. The molecule has 0 bridgehead atoms. The van der Waals surface area contributed by atoms with Gasteiger partial charge in [-0.15, -0.1) is 12.4 Å². The molecule has 0 atom stereocenters. The summed E-state index contributed by atoms with van der Waals surface area (Å²) in [6.07, 6.45) is 1.28. The van der Waals surface area contributed by atoms with Crippen LogP contribution in [0.2, 0.25) is 0 Å². The number of benzene rings is 1. The van der Waals surface area contributed by atoms with Crippen LogP contribution >= 0.6 is 12.4 Å². The standard InChI is InChI=1S/C11H14FNO2.ClH/c1-14-10-2-4-11(5-3-10)15-8-9(12)6-7-13;/h2-6H,7-8,13H2,1H3;1H/b9-6+;. The maximum atomic E-state index is 12.9. The molecule has 0 unspecified atom stereocenters. The molecule has 0 aliphatic carbocycles. The summed E-state index contributed by atoms with van der Waals surface area (Å²) in [5.41, 5.74) is 5.15. The van der Waals surface area contributed by atoms with E-state index < -0.39 is 0 Å². The number of hydrogen-bond acceptors (Lipinski definition) is 3. The molecular formula is C11H15ClFNO2. The zero-order valence-corrected chi connectivity index (χ0v) is 9.80. The van der Waals surface area contributed by atoms with E-state index in [1.807, 2.05) is 0 Å². The Labute approximate surface area is 100 Å². The van der Waals surface area contributed by atoms with Crippen molar-refractivity contribution in [3.63, 3.8) is 0 Å². The van der Waals surface area contributed by atoms with E-state index in [0.717, 1.165) is 5.75 Å². The largest absolute Gasteiger partial charge is 0.497 e. The van der Waals surface area contributed by atoms with E-state index in [-0.39, 0.29) is 31.4 Å². The van der Waals surface area contributed by atoms with Gasteiger partial charge in [-0.3, -0.25) is 0 Å². The van der Waals surface area contributed by atoms with Crippen molar-refractivity contribution in [2.24, 2.45) is 5.73 Å². The van der Waals surface area contributed by atoms with Crippen LogP contribution in [0.3, 0.4) is 0 Å². The van der Waals surface area contributed by atoms with Crippen molar-refractivity contribution in [1.82, 2.24) is 0 Å². The Morgan fingerprint density at radius 1 is 1.31 bits per heavy atom. The number of ether oxygens (including phenoxy) is 2. The number of methoxy groups -OCH3 is 1. The lowest BCUT2D eigenvalue weighted by molar-refractivity contribution is 0.317. The van der Waals surface area contributed by atoms with Crippen LogP contribution in [0, 0.1) is 0 Å². The Hall–Kier alpha value is -1.26. The quantitative estimate of drug-likeness (QED) is 0.869. The first-order valence-corrected chi connectivity index (χ1v) is 4.57. The van der Waals surface area contributed by atoms with E-state index in [1.165, 1.54) is 6.08 Å². The van der Waals surface area contributed by atoms with Gasteiger partial charge in [0, 0.05) is 6.54 Å². The highest BCUT2D eigenvalue weighted by Gasteiger charge is 1.97. The van der Waals surface area contributed by atoms with Crippen LogP contribution in [-0.4, -0.2) is 20.3 Å². The fraction of sp³-hybridized carbons (Fsp3) is 0.273. The van der Waals surface area contributed by atoms with Gasteiger partial charge in [0.25, 0.3) is 0 Å². The van der Waals surface area contributed by atoms with Gasteiger partial charge in [-0.1, -0.05) is 0 Å². The van der Waals surface area contributed by atoms with Crippen LogP contribution in [0.15, 0.2) is 36.2 Å². The van der Waals surface area contributed by atoms with Gasteiger partial charge < -0.3 is 15.2 Å². The Morgan fingerprint density at radius 3 is 2.38 bits per heavy atom. The first-order valence-electron chi connectivity index (χ1n) is 4.57. The third kappa shape index (κ3) is 5.00. The molecule has 0 spiro atoms. The number of nitrogens with two attached hydrogens (primary N) is 1. The van der Waals surface area contributed by atoms with Gasteiger partial charge in [0.15, 0.2) is 0 Å². The van der Waals surface area contributed by atoms with Crippen LogP contribution < -0.4 is 15.2 Å². The molecule has 5 heteroatoms. The van der Waals surface area contributed by atoms with Crippen LogP contribution in [-0.2, 0) is 0 Å². The molecule has 3 nitrogen and oxygen atoms in total. The summed E-state index contributed by atoms with van der Waals surface area (Å²) in [6.45, 7) is 0.0847. The minimum absolute atomic E-state index is 0. The molecule has 0 saturated carbocycles. The van der Waals surface area contributed by atoms with E-state index in [0.29, 0.717) is 5.75 Å². The van der Waals surface area contributed by atoms with Crippen LogP contribution in [0.4, 0.5) is 4.39 Å². The molecule has 0 aliphatic heterocycles. The summed E-state index contributed by atoms with van der Waals surface area (Å²) in [4.78, 5) is 0. The average Bonchev–Trinajstić information content (AvgIpc) is 2.27. The molecule has 0 radical (unpaired) electrons. The normalized spacial score (nSPS) is 10.6. The highest BCUT2D eigenvalue weighted by Crippen LogP contribution is 2.17. The number of halogens is 2. The lowest BCUT2D eigenvalue weighted by atomic mass is 10.3. The minimum Gasteiger partial charge on any atom is -0.497 e. The van der Waals surface area contributed by atoms with Crippen molar-refractivity contribution < 1.29 is 13.9 Å². The van der Waals surface area contributed by atoms with Crippen molar-refractivity contribution in [3.8, 4) is 11.5 Å². The number of hydrogen-bond donors (Lipinski definition) is 1. The summed E-state index contributed by atoms with van der Waals surface area (Å²) < 4.78 is 23.0. The fourth-order valence-corrected chi connectivity index (χ4v) is 1.01. The van der Waals surface area contributed by atoms with E-state index in [4.69, 9.17) is 15.2 Å². The van der Waals surface area contributed by atoms with E-state index in [1.54, 1.807) is 31.4 Å². The zero-order valence-electron chi connectivity index (χ0n) is 8.98. The second kappa shape index (κ2) is 7.96. The second-order valence-electron chi connectivity index (χ2n) is 2.85. The molecule has 0 fully saturated rings. The molecule has 0 heterocycles. The summed E-state index contributed by atoms with van der Waals surface area (Å²) in [5.74, 6) is 0.963. The Morgan fingerprint density at radius 2 is 1.88 bits per heavy atom. The SMILES string of the molecule is COc1ccc(OC/C(F)=C\CN)cc1.Cl.